The van der Waals surface area contributed by atoms with Crippen molar-refractivity contribution in [2.75, 3.05) is 4.90 Å². The second-order valence-electron chi connectivity index (χ2n) is 9.75. The average molecular weight is 486 g/mol. The molecule has 7 aromatic carbocycles. The van der Waals surface area contributed by atoms with Gasteiger partial charge in [-0.25, -0.2) is 0 Å². The van der Waals surface area contributed by atoms with Crippen LogP contribution in [0.4, 0.5) is 17.1 Å². The van der Waals surface area contributed by atoms with E-state index in [-0.39, 0.29) is 0 Å². The number of fused-ring (bicyclic) bond motifs is 7. The fourth-order valence-corrected chi connectivity index (χ4v) is 5.97. The Hall–Kier alpha value is -5.08. The number of ether oxygens (including phenoxy) is 1. The normalized spacial score (nSPS) is 12.4. The van der Waals surface area contributed by atoms with Gasteiger partial charge in [-0.1, -0.05) is 103 Å². The second kappa shape index (κ2) is 8.22. The van der Waals surface area contributed by atoms with Crippen LogP contribution in [0.15, 0.2) is 140 Å². The highest BCUT2D eigenvalue weighted by atomic mass is 16.5. The van der Waals surface area contributed by atoms with Crippen molar-refractivity contribution in [3.63, 3.8) is 0 Å². The van der Waals surface area contributed by atoms with Crippen LogP contribution in [0.5, 0.6) is 11.5 Å². The van der Waals surface area contributed by atoms with Crippen molar-refractivity contribution in [2.24, 2.45) is 0 Å². The van der Waals surface area contributed by atoms with Crippen LogP contribution >= 0.6 is 0 Å². The standard InChI is InChI=1S/C36H23NO/c1-2-12-24(13-3-1)30-22-25-23-33(27-15-5-7-17-29(27)36(25)28-16-6-4-14-26(28)30)37-31-18-8-10-20-34(31)38-35-21-11-9-19-32(35)37/h1-23H. The first kappa shape index (κ1) is 21.0. The van der Waals surface area contributed by atoms with Crippen LogP contribution in [-0.4, -0.2) is 0 Å². The Kier molecular flexibility index (Phi) is 4.55. The number of para-hydroxylation sites is 4. The molecule has 0 unspecified atom stereocenters. The Balaban J connectivity index is 1.52. The number of hydrogen-bond donors (Lipinski definition) is 0. The van der Waals surface area contributed by atoms with E-state index in [1.807, 2.05) is 24.3 Å². The molecule has 1 aliphatic heterocycles. The number of anilines is 3. The first-order valence-corrected chi connectivity index (χ1v) is 13.0. The Morgan fingerprint density at radius 2 is 0.947 bits per heavy atom. The number of hydrogen-bond acceptors (Lipinski definition) is 2. The SMILES string of the molecule is c1ccc(-c2cc3cc(N4c5ccccc5Oc5ccccc54)c4ccccc4c3c3ccccc23)cc1. The molecule has 2 heteroatoms. The van der Waals surface area contributed by atoms with E-state index in [0.29, 0.717) is 0 Å². The molecule has 0 saturated carbocycles. The van der Waals surface area contributed by atoms with Gasteiger partial charge in [0.05, 0.1) is 17.1 Å². The second-order valence-corrected chi connectivity index (χ2v) is 9.75. The third kappa shape index (κ3) is 3.07. The first-order chi connectivity index (χ1) is 18.9. The monoisotopic (exact) mass is 485 g/mol. The molecule has 38 heavy (non-hydrogen) atoms. The van der Waals surface area contributed by atoms with Gasteiger partial charge in [0.15, 0.2) is 11.5 Å². The lowest BCUT2D eigenvalue weighted by molar-refractivity contribution is 0.477. The summed E-state index contributed by atoms with van der Waals surface area (Å²) in [5.74, 6) is 1.72. The predicted octanol–water partition coefficient (Wildman–Crippen LogP) is 10.4. The number of benzene rings is 7. The highest BCUT2D eigenvalue weighted by Crippen LogP contribution is 2.53. The van der Waals surface area contributed by atoms with Gasteiger partial charge in [-0.15, -0.1) is 0 Å². The summed E-state index contributed by atoms with van der Waals surface area (Å²) in [5.41, 5.74) is 5.70. The van der Waals surface area contributed by atoms with Gasteiger partial charge in [0.25, 0.3) is 0 Å². The quantitative estimate of drug-likeness (QED) is 0.226. The molecule has 1 heterocycles. The van der Waals surface area contributed by atoms with Crippen LogP contribution in [0.2, 0.25) is 0 Å². The van der Waals surface area contributed by atoms with Crippen molar-refractivity contribution in [3.05, 3.63) is 140 Å². The van der Waals surface area contributed by atoms with E-state index >= 15 is 0 Å². The molecule has 178 valence electrons. The number of nitrogens with zero attached hydrogens (tertiary/aromatic N) is 1. The molecule has 1 aliphatic rings. The van der Waals surface area contributed by atoms with Crippen molar-refractivity contribution in [2.45, 2.75) is 0 Å². The zero-order valence-electron chi connectivity index (χ0n) is 20.6. The molecule has 0 radical (unpaired) electrons. The van der Waals surface area contributed by atoms with E-state index in [2.05, 4.69) is 120 Å². The van der Waals surface area contributed by atoms with Gasteiger partial charge in [-0.3, -0.25) is 0 Å². The molecule has 0 bridgehead atoms. The van der Waals surface area contributed by atoms with Gasteiger partial charge < -0.3 is 9.64 Å². The molecule has 0 spiro atoms. The molecule has 0 fully saturated rings. The van der Waals surface area contributed by atoms with Crippen molar-refractivity contribution in [3.8, 4) is 22.6 Å². The lowest BCUT2D eigenvalue weighted by atomic mass is 9.90. The first-order valence-electron chi connectivity index (χ1n) is 13.0. The van der Waals surface area contributed by atoms with Gasteiger partial charge >= 0.3 is 0 Å². The fraction of sp³-hybridized carbons (Fsp3) is 0. The minimum absolute atomic E-state index is 0.860. The zero-order chi connectivity index (χ0) is 25.1. The topological polar surface area (TPSA) is 12.5 Å². The Morgan fingerprint density at radius 1 is 0.421 bits per heavy atom. The molecule has 0 saturated heterocycles. The van der Waals surface area contributed by atoms with Crippen molar-refractivity contribution < 1.29 is 4.74 Å². The third-order valence-corrected chi connectivity index (χ3v) is 7.60. The molecule has 0 N–H and O–H groups in total. The highest BCUT2D eigenvalue weighted by Gasteiger charge is 2.27. The Bertz CT molecular complexity index is 1960. The molecule has 0 aromatic heterocycles. The molecule has 2 nitrogen and oxygen atoms in total. The predicted molar refractivity (Wildman–Crippen MR) is 159 cm³/mol. The van der Waals surface area contributed by atoms with E-state index in [1.54, 1.807) is 0 Å². The summed E-state index contributed by atoms with van der Waals surface area (Å²) in [4.78, 5) is 2.35. The van der Waals surface area contributed by atoms with E-state index < -0.39 is 0 Å². The Morgan fingerprint density at radius 3 is 1.63 bits per heavy atom. The van der Waals surface area contributed by atoms with Gasteiger partial charge in [0.2, 0.25) is 0 Å². The lowest BCUT2D eigenvalue weighted by Crippen LogP contribution is -2.16. The smallest absolute Gasteiger partial charge is 0.151 e. The van der Waals surface area contributed by atoms with Gasteiger partial charge in [0.1, 0.15) is 0 Å². The van der Waals surface area contributed by atoms with Gasteiger partial charge in [-0.05, 0) is 74.5 Å². The molecule has 7 aromatic rings. The summed E-state index contributed by atoms with van der Waals surface area (Å²) in [5, 5.41) is 7.51. The van der Waals surface area contributed by atoms with Crippen LogP contribution in [0.25, 0.3) is 43.4 Å². The highest BCUT2D eigenvalue weighted by molar-refractivity contribution is 6.26. The summed E-state index contributed by atoms with van der Waals surface area (Å²) in [6.45, 7) is 0. The van der Waals surface area contributed by atoms with Crippen LogP contribution in [0.3, 0.4) is 0 Å². The molecule has 0 aliphatic carbocycles. The minimum atomic E-state index is 0.860. The van der Waals surface area contributed by atoms with Crippen LogP contribution in [0, 0.1) is 0 Å². The summed E-state index contributed by atoms with van der Waals surface area (Å²) >= 11 is 0. The van der Waals surface area contributed by atoms with Crippen molar-refractivity contribution in [1.29, 1.82) is 0 Å². The summed E-state index contributed by atoms with van der Waals surface area (Å²) in [6, 6.07) is 49.6. The van der Waals surface area contributed by atoms with Crippen LogP contribution < -0.4 is 9.64 Å². The molecule has 0 atom stereocenters. The third-order valence-electron chi connectivity index (χ3n) is 7.60. The van der Waals surface area contributed by atoms with Crippen molar-refractivity contribution >= 4 is 49.4 Å². The van der Waals surface area contributed by atoms with E-state index in [9.17, 15) is 0 Å². The van der Waals surface area contributed by atoms with E-state index in [1.165, 1.54) is 43.4 Å². The molecular weight excluding hydrogens is 462 g/mol. The van der Waals surface area contributed by atoms with E-state index in [4.69, 9.17) is 4.74 Å². The Labute approximate surface area is 221 Å². The van der Waals surface area contributed by atoms with Gasteiger partial charge in [0, 0.05) is 5.39 Å². The fourth-order valence-electron chi connectivity index (χ4n) is 5.97. The maximum absolute atomic E-state index is 6.32. The zero-order valence-corrected chi connectivity index (χ0v) is 20.6. The number of rotatable bonds is 2. The summed E-state index contributed by atoms with van der Waals surface area (Å²) < 4.78 is 6.32. The van der Waals surface area contributed by atoms with Crippen LogP contribution in [0.1, 0.15) is 0 Å². The van der Waals surface area contributed by atoms with Crippen molar-refractivity contribution in [1.82, 2.24) is 0 Å². The maximum atomic E-state index is 6.32. The maximum Gasteiger partial charge on any atom is 0.151 e. The van der Waals surface area contributed by atoms with E-state index in [0.717, 1.165) is 28.6 Å². The molecular formula is C36H23NO. The largest absolute Gasteiger partial charge is 0.453 e. The van der Waals surface area contributed by atoms with Crippen LogP contribution in [-0.2, 0) is 0 Å². The molecule has 8 rings (SSSR count). The minimum Gasteiger partial charge on any atom is -0.453 e. The lowest BCUT2D eigenvalue weighted by Gasteiger charge is -2.34. The molecule has 0 amide bonds. The summed E-state index contributed by atoms with van der Waals surface area (Å²) in [7, 11) is 0. The summed E-state index contributed by atoms with van der Waals surface area (Å²) in [6.07, 6.45) is 0. The van der Waals surface area contributed by atoms with Gasteiger partial charge in [-0.2, -0.15) is 0 Å². The average Bonchev–Trinajstić information content (AvgIpc) is 2.99.